The van der Waals surface area contributed by atoms with Gasteiger partial charge in [-0.15, -0.1) is 0 Å². The van der Waals surface area contributed by atoms with Crippen LogP contribution in [-0.2, 0) is 4.74 Å². The lowest BCUT2D eigenvalue weighted by molar-refractivity contribution is 0.0377. The number of halogens is 1. The predicted molar refractivity (Wildman–Crippen MR) is 99.9 cm³/mol. The van der Waals surface area contributed by atoms with Crippen molar-refractivity contribution in [2.24, 2.45) is 5.73 Å². The van der Waals surface area contributed by atoms with Gasteiger partial charge in [0.2, 0.25) is 0 Å². The van der Waals surface area contributed by atoms with E-state index in [1.165, 1.54) is 19.3 Å². The van der Waals surface area contributed by atoms with Gasteiger partial charge < -0.3 is 15.4 Å². The van der Waals surface area contributed by atoms with Gasteiger partial charge in [-0.1, -0.05) is 22.4 Å². The Morgan fingerprint density at radius 1 is 1.23 bits per heavy atom. The second-order valence-corrected chi connectivity index (χ2v) is 8.11. The first-order valence-corrected chi connectivity index (χ1v) is 9.64. The van der Waals surface area contributed by atoms with Crippen LogP contribution in [0.25, 0.3) is 10.9 Å². The van der Waals surface area contributed by atoms with Gasteiger partial charge in [0.05, 0.1) is 11.6 Å². The molecule has 1 aromatic carbocycles. The molecule has 8 heteroatoms. The molecule has 0 spiro atoms. The molecule has 3 heterocycles. The molecule has 2 aliphatic heterocycles. The van der Waals surface area contributed by atoms with Gasteiger partial charge in [0.1, 0.15) is 0 Å². The average Bonchev–Trinajstić information content (AvgIpc) is 2.93. The molecule has 2 aliphatic rings. The monoisotopic (exact) mass is 420 g/mol. The SMILES string of the molecule is CN1C2CCCC1CC(n1nc(C(=O)OC(N)=O)c3ccc(Br)cc31)C2. The number of aromatic nitrogens is 2. The molecule has 2 fully saturated rings. The molecule has 2 N–H and O–H groups in total. The van der Waals surface area contributed by atoms with Gasteiger partial charge in [-0.3, -0.25) is 4.68 Å². The fourth-order valence-corrected chi connectivity index (χ4v) is 4.81. The summed E-state index contributed by atoms with van der Waals surface area (Å²) in [6.07, 6.45) is 4.55. The van der Waals surface area contributed by atoms with Gasteiger partial charge in [0.25, 0.3) is 0 Å². The highest BCUT2D eigenvalue weighted by Gasteiger charge is 2.38. The molecule has 1 amide bonds. The number of hydrogen-bond acceptors (Lipinski definition) is 5. The summed E-state index contributed by atoms with van der Waals surface area (Å²) >= 11 is 3.50. The third-order valence-electron chi connectivity index (χ3n) is 5.72. The van der Waals surface area contributed by atoms with E-state index in [-0.39, 0.29) is 11.7 Å². The van der Waals surface area contributed by atoms with Crippen molar-refractivity contribution in [2.75, 3.05) is 7.05 Å². The number of benzene rings is 1. The molecule has 0 aliphatic carbocycles. The summed E-state index contributed by atoms with van der Waals surface area (Å²) in [6, 6.07) is 6.92. The maximum absolute atomic E-state index is 12.3. The normalized spacial score (nSPS) is 26.0. The molecule has 2 bridgehead atoms. The predicted octanol–water partition coefficient (Wildman–Crippen LogP) is 3.22. The highest BCUT2D eigenvalue weighted by atomic mass is 79.9. The fraction of sp³-hybridized carbons (Fsp3) is 0.500. The average molecular weight is 421 g/mol. The summed E-state index contributed by atoms with van der Waals surface area (Å²) in [6.45, 7) is 0. The summed E-state index contributed by atoms with van der Waals surface area (Å²) in [7, 11) is 2.21. The van der Waals surface area contributed by atoms with Crippen LogP contribution in [0.1, 0.15) is 48.6 Å². The number of esters is 1. The van der Waals surface area contributed by atoms with E-state index in [9.17, 15) is 9.59 Å². The van der Waals surface area contributed by atoms with E-state index >= 15 is 0 Å². The van der Waals surface area contributed by atoms with E-state index in [2.05, 4.69) is 37.7 Å². The highest BCUT2D eigenvalue weighted by molar-refractivity contribution is 9.10. The minimum atomic E-state index is -1.12. The van der Waals surface area contributed by atoms with Crippen LogP contribution in [0.5, 0.6) is 0 Å². The van der Waals surface area contributed by atoms with E-state index in [0.717, 1.165) is 22.8 Å². The van der Waals surface area contributed by atoms with Crippen LogP contribution in [0.2, 0.25) is 0 Å². The first-order valence-electron chi connectivity index (χ1n) is 8.85. The highest BCUT2D eigenvalue weighted by Crippen LogP contribution is 2.39. The van der Waals surface area contributed by atoms with Crippen LogP contribution in [0.4, 0.5) is 4.79 Å². The third kappa shape index (κ3) is 3.01. The lowest BCUT2D eigenvalue weighted by Gasteiger charge is -2.47. The number of ether oxygens (including phenoxy) is 1. The number of nitrogens with two attached hydrogens (primary N) is 1. The molecule has 26 heavy (non-hydrogen) atoms. The summed E-state index contributed by atoms with van der Waals surface area (Å²) < 4.78 is 7.42. The van der Waals surface area contributed by atoms with Crippen LogP contribution in [-0.4, -0.2) is 45.9 Å². The minimum Gasteiger partial charge on any atom is -0.371 e. The Balaban J connectivity index is 1.76. The van der Waals surface area contributed by atoms with E-state index in [1.807, 2.05) is 22.9 Å². The Hall–Kier alpha value is -1.93. The Kier molecular flexibility index (Phi) is 4.48. The van der Waals surface area contributed by atoms with E-state index < -0.39 is 12.1 Å². The van der Waals surface area contributed by atoms with Crippen LogP contribution in [0, 0.1) is 0 Å². The molecule has 2 atom stereocenters. The lowest BCUT2D eigenvalue weighted by atomic mass is 9.82. The molecule has 1 aromatic heterocycles. The molecular formula is C18H21BrN4O3. The third-order valence-corrected chi connectivity index (χ3v) is 6.21. The van der Waals surface area contributed by atoms with Crippen LogP contribution < -0.4 is 5.73 Å². The molecule has 4 rings (SSSR count). The number of primary amides is 1. The first kappa shape index (κ1) is 17.5. The summed E-state index contributed by atoms with van der Waals surface area (Å²) in [4.78, 5) is 25.8. The summed E-state index contributed by atoms with van der Waals surface area (Å²) in [5, 5.41) is 5.22. The largest absolute Gasteiger partial charge is 0.412 e. The number of carbonyl (C=O) groups is 2. The zero-order valence-corrected chi connectivity index (χ0v) is 16.1. The second-order valence-electron chi connectivity index (χ2n) is 7.19. The Bertz CT molecular complexity index is 867. The van der Waals surface area contributed by atoms with Crippen LogP contribution in [0.3, 0.4) is 0 Å². The van der Waals surface area contributed by atoms with Crippen molar-refractivity contribution in [1.29, 1.82) is 0 Å². The van der Waals surface area contributed by atoms with Gasteiger partial charge in [0, 0.05) is 21.9 Å². The molecule has 2 aromatic rings. The quantitative estimate of drug-likeness (QED) is 0.594. The fourth-order valence-electron chi connectivity index (χ4n) is 4.47. The van der Waals surface area contributed by atoms with Gasteiger partial charge in [-0.2, -0.15) is 5.10 Å². The zero-order chi connectivity index (χ0) is 18.4. The minimum absolute atomic E-state index is 0.135. The molecule has 2 unspecified atom stereocenters. The number of amides is 1. The van der Waals surface area contributed by atoms with Gasteiger partial charge in [-0.05, 0) is 50.9 Å². The number of hydrogen-bond donors (Lipinski definition) is 1. The Morgan fingerprint density at radius 2 is 1.92 bits per heavy atom. The van der Waals surface area contributed by atoms with Gasteiger partial charge in [-0.25, -0.2) is 9.59 Å². The summed E-state index contributed by atoms with van der Waals surface area (Å²) in [5.74, 6) is -0.809. The number of rotatable bonds is 2. The van der Waals surface area contributed by atoms with Crippen molar-refractivity contribution < 1.29 is 14.3 Å². The lowest BCUT2D eigenvalue weighted by Crippen LogP contribution is -2.50. The van der Waals surface area contributed by atoms with Gasteiger partial charge in [0.15, 0.2) is 5.69 Å². The number of fused-ring (bicyclic) bond motifs is 3. The number of nitrogens with zero attached hydrogens (tertiary/aromatic N) is 3. The van der Waals surface area contributed by atoms with Crippen molar-refractivity contribution >= 4 is 38.9 Å². The topological polar surface area (TPSA) is 90.4 Å². The maximum Gasteiger partial charge on any atom is 0.412 e. The number of carbonyl (C=O) groups excluding carboxylic acids is 2. The molecule has 2 saturated heterocycles. The van der Waals surface area contributed by atoms with Crippen molar-refractivity contribution in [2.45, 2.75) is 50.2 Å². The molecule has 138 valence electrons. The molecule has 0 radical (unpaired) electrons. The van der Waals surface area contributed by atoms with Gasteiger partial charge >= 0.3 is 12.1 Å². The van der Waals surface area contributed by atoms with Crippen molar-refractivity contribution in [3.63, 3.8) is 0 Å². The van der Waals surface area contributed by atoms with E-state index in [0.29, 0.717) is 17.5 Å². The molecule has 7 nitrogen and oxygen atoms in total. The van der Waals surface area contributed by atoms with Crippen molar-refractivity contribution in [1.82, 2.24) is 14.7 Å². The van der Waals surface area contributed by atoms with E-state index in [4.69, 9.17) is 5.73 Å². The van der Waals surface area contributed by atoms with Crippen LogP contribution >= 0.6 is 15.9 Å². The van der Waals surface area contributed by atoms with E-state index in [1.54, 1.807) is 0 Å². The summed E-state index contributed by atoms with van der Waals surface area (Å²) in [5.41, 5.74) is 6.00. The standard InChI is InChI=1S/C18H21BrN4O3/c1-22-11-3-2-4-12(22)9-13(8-11)23-15-7-10(19)5-6-14(15)16(21-23)17(24)26-18(20)25/h5-7,11-13H,2-4,8-9H2,1H3,(H2,20,25). The smallest absolute Gasteiger partial charge is 0.371 e. The molecule has 0 saturated carbocycles. The first-order chi connectivity index (χ1) is 12.4. The second kappa shape index (κ2) is 6.66. The van der Waals surface area contributed by atoms with Crippen molar-refractivity contribution in [3.05, 3.63) is 28.4 Å². The van der Waals surface area contributed by atoms with Crippen LogP contribution in [0.15, 0.2) is 22.7 Å². The Morgan fingerprint density at radius 3 is 2.58 bits per heavy atom. The number of piperidine rings is 2. The maximum atomic E-state index is 12.3. The van der Waals surface area contributed by atoms with Crippen molar-refractivity contribution in [3.8, 4) is 0 Å². The Labute approximate surface area is 159 Å². The zero-order valence-electron chi connectivity index (χ0n) is 14.5. The molecular weight excluding hydrogens is 400 g/mol.